The van der Waals surface area contributed by atoms with Gasteiger partial charge in [-0.2, -0.15) is 0 Å². The minimum absolute atomic E-state index is 0.0823. The van der Waals surface area contributed by atoms with Crippen LogP contribution in [0.3, 0.4) is 0 Å². The fraction of sp³-hybridized carbons (Fsp3) is 0.533. The first-order valence-electron chi connectivity index (χ1n) is 6.97. The lowest BCUT2D eigenvalue weighted by molar-refractivity contribution is -0.138. The van der Waals surface area contributed by atoms with Crippen LogP contribution < -0.4 is 5.32 Å². The molecule has 7 heteroatoms. The van der Waals surface area contributed by atoms with Gasteiger partial charge in [0.15, 0.2) is 9.84 Å². The molecule has 1 aromatic carbocycles. The SMILES string of the molecule is CC(C)(C)OC=O.CCS(=O)(=O)c1cc2c(cc1Cl)CNC2. The maximum absolute atomic E-state index is 11.7. The molecule has 0 spiro atoms. The van der Waals surface area contributed by atoms with Crippen LogP contribution in [0.1, 0.15) is 38.8 Å². The Morgan fingerprint density at radius 1 is 1.27 bits per heavy atom. The molecule has 0 saturated heterocycles. The molecule has 0 radical (unpaired) electrons. The smallest absolute Gasteiger partial charge is 0.293 e. The Kier molecular flexibility index (Phi) is 6.40. The summed E-state index contributed by atoms with van der Waals surface area (Å²) in [6.07, 6.45) is 0. The summed E-state index contributed by atoms with van der Waals surface area (Å²) in [5.41, 5.74) is 1.81. The first-order valence-corrected chi connectivity index (χ1v) is 9.00. The molecule has 124 valence electrons. The van der Waals surface area contributed by atoms with Crippen LogP contribution in [-0.4, -0.2) is 26.2 Å². The maximum Gasteiger partial charge on any atom is 0.293 e. The van der Waals surface area contributed by atoms with Crippen molar-refractivity contribution in [3.8, 4) is 0 Å². The number of rotatable bonds is 3. The second-order valence-electron chi connectivity index (χ2n) is 5.88. The number of ether oxygens (including phenoxy) is 1. The first kappa shape index (κ1) is 18.9. The normalized spacial score (nSPS) is 13.9. The van der Waals surface area contributed by atoms with E-state index in [1.54, 1.807) is 19.1 Å². The van der Waals surface area contributed by atoms with E-state index in [2.05, 4.69) is 10.1 Å². The molecule has 0 aliphatic carbocycles. The zero-order chi connectivity index (χ0) is 17.0. The zero-order valence-corrected chi connectivity index (χ0v) is 14.8. The number of halogens is 1. The third-order valence-corrected chi connectivity index (χ3v) is 5.19. The lowest BCUT2D eigenvalue weighted by Gasteiger charge is -2.14. The third kappa shape index (κ3) is 5.26. The van der Waals surface area contributed by atoms with Gasteiger partial charge in [0, 0.05) is 13.1 Å². The van der Waals surface area contributed by atoms with Crippen molar-refractivity contribution in [1.29, 1.82) is 0 Å². The van der Waals surface area contributed by atoms with Gasteiger partial charge in [0.05, 0.1) is 15.7 Å². The highest BCUT2D eigenvalue weighted by Crippen LogP contribution is 2.28. The van der Waals surface area contributed by atoms with Gasteiger partial charge in [-0.1, -0.05) is 18.5 Å². The molecule has 1 aliphatic rings. The maximum atomic E-state index is 11.7. The standard InChI is InChI=1S/C10H12ClNO2S.C5H10O2/c1-2-15(13,14)10-4-8-6-12-5-7(8)3-9(10)11;1-5(2,3)7-4-6/h3-4,12H,2,5-6H2,1H3;4H,1-3H3. The summed E-state index contributed by atoms with van der Waals surface area (Å²) in [4.78, 5) is 9.86. The summed E-state index contributed by atoms with van der Waals surface area (Å²) < 4.78 is 28.0. The molecule has 1 N–H and O–H groups in total. The molecule has 0 fully saturated rings. The Balaban J connectivity index is 0.000000295. The van der Waals surface area contributed by atoms with E-state index in [4.69, 9.17) is 11.6 Å². The van der Waals surface area contributed by atoms with E-state index >= 15 is 0 Å². The third-order valence-electron chi connectivity index (χ3n) is 3.00. The summed E-state index contributed by atoms with van der Waals surface area (Å²) in [5, 5.41) is 3.49. The van der Waals surface area contributed by atoms with Crippen molar-refractivity contribution < 1.29 is 17.9 Å². The van der Waals surface area contributed by atoms with E-state index in [9.17, 15) is 13.2 Å². The molecular formula is C15H22ClNO4S. The van der Waals surface area contributed by atoms with Gasteiger partial charge >= 0.3 is 0 Å². The van der Waals surface area contributed by atoms with Crippen LogP contribution in [0.5, 0.6) is 0 Å². The Bertz CT molecular complexity index is 636. The number of fused-ring (bicyclic) bond motifs is 1. The van der Waals surface area contributed by atoms with Crippen molar-refractivity contribution in [2.45, 2.75) is 51.3 Å². The van der Waals surface area contributed by atoms with Crippen molar-refractivity contribution in [2.24, 2.45) is 0 Å². The molecule has 0 atom stereocenters. The predicted octanol–water partition coefficient (Wildman–Crippen LogP) is 2.69. The van der Waals surface area contributed by atoms with Crippen LogP contribution in [0, 0.1) is 0 Å². The molecule has 22 heavy (non-hydrogen) atoms. The van der Waals surface area contributed by atoms with E-state index in [1.165, 1.54) is 0 Å². The van der Waals surface area contributed by atoms with Gasteiger partial charge in [-0.15, -0.1) is 0 Å². The van der Waals surface area contributed by atoms with Crippen LogP contribution in [0.2, 0.25) is 5.02 Å². The molecule has 0 saturated carbocycles. The first-order chi connectivity index (χ1) is 10.1. The van der Waals surface area contributed by atoms with Gasteiger partial charge in [0.25, 0.3) is 6.47 Å². The van der Waals surface area contributed by atoms with Crippen LogP contribution >= 0.6 is 11.6 Å². The van der Waals surface area contributed by atoms with E-state index in [0.717, 1.165) is 24.2 Å². The molecule has 2 rings (SSSR count). The van der Waals surface area contributed by atoms with E-state index < -0.39 is 9.84 Å². The quantitative estimate of drug-likeness (QED) is 0.851. The van der Waals surface area contributed by atoms with Crippen molar-refractivity contribution in [1.82, 2.24) is 5.32 Å². The molecule has 1 aromatic rings. The summed E-state index contributed by atoms with van der Waals surface area (Å²) in [6.45, 7) is 9.03. The minimum Gasteiger partial charge on any atom is -0.462 e. The summed E-state index contributed by atoms with van der Waals surface area (Å²) in [6, 6.07) is 3.44. The fourth-order valence-corrected chi connectivity index (χ4v) is 3.36. The van der Waals surface area contributed by atoms with E-state index in [0.29, 0.717) is 11.5 Å². The number of carbonyl (C=O) groups is 1. The molecule has 0 aromatic heterocycles. The lowest BCUT2D eigenvalue weighted by atomic mass is 10.1. The minimum atomic E-state index is -3.21. The average molecular weight is 348 g/mol. The molecule has 5 nitrogen and oxygen atoms in total. The van der Waals surface area contributed by atoms with Gasteiger partial charge in [-0.3, -0.25) is 4.79 Å². The monoisotopic (exact) mass is 347 g/mol. The van der Waals surface area contributed by atoms with Crippen molar-refractivity contribution in [2.75, 3.05) is 5.75 Å². The molecule has 0 unspecified atom stereocenters. The molecule has 0 bridgehead atoms. The van der Waals surface area contributed by atoms with Crippen molar-refractivity contribution in [3.63, 3.8) is 0 Å². The Labute approximate surface area is 136 Å². The Morgan fingerprint density at radius 2 is 1.82 bits per heavy atom. The Morgan fingerprint density at radius 3 is 2.23 bits per heavy atom. The molecule has 0 amide bonds. The highest BCUT2D eigenvalue weighted by atomic mass is 35.5. The van der Waals surface area contributed by atoms with Gasteiger partial charge in [0.2, 0.25) is 0 Å². The van der Waals surface area contributed by atoms with Crippen LogP contribution in [0.25, 0.3) is 0 Å². The van der Waals surface area contributed by atoms with E-state index in [-0.39, 0.29) is 16.2 Å². The lowest BCUT2D eigenvalue weighted by Crippen LogP contribution is -2.17. The van der Waals surface area contributed by atoms with Gasteiger partial charge in [-0.25, -0.2) is 8.42 Å². The molecule has 1 heterocycles. The largest absolute Gasteiger partial charge is 0.462 e. The predicted molar refractivity (Wildman–Crippen MR) is 86.6 cm³/mol. The summed E-state index contributed by atoms with van der Waals surface area (Å²) in [5.74, 6) is 0.0823. The van der Waals surface area contributed by atoms with E-state index in [1.807, 2.05) is 20.8 Å². The second-order valence-corrected chi connectivity index (χ2v) is 8.54. The van der Waals surface area contributed by atoms with Crippen molar-refractivity contribution >= 4 is 27.9 Å². The van der Waals surface area contributed by atoms with Gasteiger partial charge in [0.1, 0.15) is 5.60 Å². The molecule has 1 aliphatic heterocycles. The number of hydrogen-bond acceptors (Lipinski definition) is 5. The highest BCUT2D eigenvalue weighted by Gasteiger charge is 2.20. The Hall–Kier alpha value is -1.11. The number of benzene rings is 1. The topological polar surface area (TPSA) is 72.5 Å². The zero-order valence-electron chi connectivity index (χ0n) is 13.3. The average Bonchev–Trinajstić information content (AvgIpc) is 2.84. The number of hydrogen-bond donors (Lipinski definition) is 1. The second kappa shape index (κ2) is 7.44. The van der Waals surface area contributed by atoms with Crippen LogP contribution in [-0.2, 0) is 32.5 Å². The van der Waals surface area contributed by atoms with Gasteiger partial charge < -0.3 is 10.1 Å². The fourth-order valence-electron chi connectivity index (χ4n) is 1.84. The summed E-state index contributed by atoms with van der Waals surface area (Å²) in [7, 11) is -3.21. The van der Waals surface area contributed by atoms with Gasteiger partial charge in [-0.05, 0) is 44.0 Å². The number of carbonyl (C=O) groups excluding carboxylic acids is 1. The highest BCUT2D eigenvalue weighted by molar-refractivity contribution is 7.91. The number of nitrogens with one attached hydrogen (secondary N) is 1. The summed E-state index contributed by atoms with van der Waals surface area (Å²) >= 11 is 5.96. The van der Waals surface area contributed by atoms with Crippen LogP contribution in [0.15, 0.2) is 17.0 Å². The number of sulfone groups is 1. The van der Waals surface area contributed by atoms with Crippen molar-refractivity contribution in [3.05, 3.63) is 28.3 Å². The van der Waals surface area contributed by atoms with Crippen LogP contribution in [0.4, 0.5) is 0 Å². The molecular weight excluding hydrogens is 326 g/mol.